The van der Waals surface area contributed by atoms with Crippen LogP contribution in [0.15, 0.2) is 4.99 Å². The van der Waals surface area contributed by atoms with Gasteiger partial charge in [-0.2, -0.15) is 0 Å². The lowest BCUT2D eigenvalue weighted by atomic mass is 9.89. The number of hydrogen-bond donors (Lipinski definition) is 2. The van der Waals surface area contributed by atoms with E-state index in [9.17, 15) is 0 Å². The predicted octanol–water partition coefficient (Wildman–Crippen LogP) is 1.99. The second-order valence-corrected chi connectivity index (χ2v) is 6.97. The maximum atomic E-state index is 5.66. The van der Waals surface area contributed by atoms with Crippen molar-refractivity contribution in [2.75, 3.05) is 40.8 Å². The zero-order valence-electron chi connectivity index (χ0n) is 14.7. The Bertz CT molecular complexity index is 343. The van der Waals surface area contributed by atoms with Crippen molar-refractivity contribution in [3.05, 3.63) is 0 Å². The summed E-state index contributed by atoms with van der Waals surface area (Å²) in [7, 11) is 6.28. The molecule has 2 rings (SSSR count). The average Bonchev–Trinajstić information content (AvgIpc) is 2.91. The molecular weight excluding hydrogens is 276 g/mol. The molecule has 2 aliphatic rings. The number of guanidine groups is 1. The molecule has 0 aromatic carbocycles. The molecule has 128 valence electrons. The van der Waals surface area contributed by atoms with Gasteiger partial charge in [0.2, 0.25) is 0 Å². The number of likely N-dealkylation sites (N-methyl/N-ethyl adjacent to an activating group) is 1. The van der Waals surface area contributed by atoms with Crippen LogP contribution in [-0.4, -0.2) is 63.3 Å². The minimum Gasteiger partial charge on any atom is -0.376 e. The van der Waals surface area contributed by atoms with Gasteiger partial charge < -0.3 is 20.3 Å². The van der Waals surface area contributed by atoms with Gasteiger partial charge in [-0.15, -0.1) is 0 Å². The van der Waals surface area contributed by atoms with Gasteiger partial charge in [-0.05, 0) is 39.8 Å². The van der Waals surface area contributed by atoms with Crippen LogP contribution in [0.2, 0.25) is 0 Å². The first-order chi connectivity index (χ1) is 10.7. The fraction of sp³-hybridized carbons (Fsp3) is 0.941. The van der Waals surface area contributed by atoms with Crippen LogP contribution in [0, 0.1) is 0 Å². The summed E-state index contributed by atoms with van der Waals surface area (Å²) < 4.78 is 5.66. The highest BCUT2D eigenvalue weighted by Crippen LogP contribution is 2.30. The quantitative estimate of drug-likeness (QED) is 0.463. The number of nitrogens with one attached hydrogen (secondary N) is 2. The number of ether oxygens (including phenoxy) is 1. The van der Waals surface area contributed by atoms with Crippen LogP contribution in [0.5, 0.6) is 0 Å². The first-order valence-electron chi connectivity index (χ1n) is 8.90. The molecule has 1 unspecified atom stereocenters. The topological polar surface area (TPSA) is 48.9 Å². The molecule has 1 heterocycles. The van der Waals surface area contributed by atoms with Crippen molar-refractivity contribution in [3.8, 4) is 0 Å². The molecule has 2 N–H and O–H groups in total. The van der Waals surface area contributed by atoms with Crippen molar-refractivity contribution in [1.82, 2.24) is 15.5 Å². The first-order valence-corrected chi connectivity index (χ1v) is 8.90. The molecule has 5 heteroatoms. The van der Waals surface area contributed by atoms with E-state index in [2.05, 4.69) is 34.6 Å². The molecule has 0 radical (unpaired) electrons. The van der Waals surface area contributed by atoms with Gasteiger partial charge in [0.05, 0.1) is 6.10 Å². The van der Waals surface area contributed by atoms with Crippen molar-refractivity contribution < 1.29 is 4.74 Å². The molecule has 22 heavy (non-hydrogen) atoms. The van der Waals surface area contributed by atoms with E-state index < -0.39 is 0 Å². The van der Waals surface area contributed by atoms with Gasteiger partial charge in [-0.1, -0.05) is 25.7 Å². The number of aliphatic imine (C=N–C) groups is 1. The minimum atomic E-state index is 0.262. The van der Waals surface area contributed by atoms with Crippen LogP contribution in [0.25, 0.3) is 0 Å². The maximum Gasteiger partial charge on any atom is 0.191 e. The predicted molar refractivity (Wildman–Crippen MR) is 92.5 cm³/mol. The lowest BCUT2D eigenvalue weighted by Gasteiger charge is -2.40. The summed E-state index contributed by atoms with van der Waals surface area (Å²) in [5.74, 6) is 0.904. The maximum absolute atomic E-state index is 5.66. The molecule has 1 aliphatic heterocycles. The Balaban J connectivity index is 1.83. The number of rotatable bonds is 5. The lowest BCUT2D eigenvalue weighted by Crippen LogP contribution is -2.54. The highest BCUT2D eigenvalue weighted by atomic mass is 16.5. The smallest absolute Gasteiger partial charge is 0.191 e. The molecule has 1 aliphatic carbocycles. The lowest BCUT2D eigenvalue weighted by molar-refractivity contribution is 0.113. The van der Waals surface area contributed by atoms with Gasteiger partial charge in [-0.25, -0.2) is 0 Å². The highest BCUT2D eigenvalue weighted by Gasteiger charge is 2.33. The van der Waals surface area contributed by atoms with Crippen LogP contribution in [0.4, 0.5) is 0 Å². The highest BCUT2D eigenvalue weighted by molar-refractivity contribution is 5.79. The fourth-order valence-corrected chi connectivity index (χ4v) is 3.65. The van der Waals surface area contributed by atoms with E-state index in [4.69, 9.17) is 4.74 Å². The van der Waals surface area contributed by atoms with Gasteiger partial charge in [0.25, 0.3) is 0 Å². The van der Waals surface area contributed by atoms with Crippen molar-refractivity contribution >= 4 is 5.96 Å². The third kappa shape index (κ3) is 4.85. The van der Waals surface area contributed by atoms with Gasteiger partial charge in [0.1, 0.15) is 0 Å². The van der Waals surface area contributed by atoms with Crippen LogP contribution in [0.3, 0.4) is 0 Å². The summed E-state index contributed by atoms with van der Waals surface area (Å²) in [5.41, 5.74) is 0.262. The summed E-state index contributed by atoms with van der Waals surface area (Å²) in [6.45, 7) is 2.72. The van der Waals surface area contributed by atoms with Gasteiger partial charge >= 0.3 is 0 Å². The van der Waals surface area contributed by atoms with E-state index in [1.807, 2.05) is 7.05 Å². The zero-order chi connectivity index (χ0) is 15.8. The Hall–Kier alpha value is -0.810. The molecule has 1 atom stereocenters. The van der Waals surface area contributed by atoms with Gasteiger partial charge in [0, 0.05) is 32.3 Å². The Kier molecular flexibility index (Phi) is 6.96. The SMILES string of the molecule is CN=C(NCC1CCCO1)NCC1(N(C)C)CCCCCC1. The summed E-state index contributed by atoms with van der Waals surface area (Å²) in [5, 5.41) is 6.97. The first kappa shape index (κ1) is 17.5. The Morgan fingerprint density at radius 3 is 2.41 bits per heavy atom. The summed E-state index contributed by atoms with van der Waals surface area (Å²) in [4.78, 5) is 6.78. The van der Waals surface area contributed by atoms with Crippen molar-refractivity contribution in [2.24, 2.45) is 4.99 Å². The second-order valence-electron chi connectivity index (χ2n) is 6.97. The number of nitrogens with zero attached hydrogens (tertiary/aromatic N) is 2. The molecule has 1 saturated carbocycles. The Morgan fingerprint density at radius 1 is 1.14 bits per heavy atom. The Morgan fingerprint density at radius 2 is 1.86 bits per heavy atom. The van der Waals surface area contributed by atoms with Crippen LogP contribution in [0.1, 0.15) is 51.4 Å². The third-order valence-electron chi connectivity index (χ3n) is 5.31. The standard InChI is InChI=1S/C17H34N4O/c1-18-16(19-13-15-9-8-12-22-15)20-14-17(21(2)3)10-6-4-5-7-11-17/h15H,4-14H2,1-3H3,(H2,18,19,20). The van der Waals surface area contributed by atoms with Gasteiger partial charge in [-0.3, -0.25) is 4.99 Å². The van der Waals surface area contributed by atoms with E-state index in [0.29, 0.717) is 6.10 Å². The van der Waals surface area contributed by atoms with E-state index in [-0.39, 0.29) is 5.54 Å². The third-order valence-corrected chi connectivity index (χ3v) is 5.31. The summed E-state index contributed by atoms with van der Waals surface area (Å²) in [6, 6.07) is 0. The molecule has 0 spiro atoms. The van der Waals surface area contributed by atoms with Crippen molar-refractivity contribution in [1.29, 1.82) is 0 Å². The summed E-state index contributed by atoms with van der Waals surface area (Å²) in [6.07, 6.45) is 10.7. The minimum absolute atomic E-state index is 0.262. The molecule has 0 bridgehead atoms. The average molecular weight is 310 g/mol. The summed E-state index contributed by atoms with van der Waals surface area (Å²) >= 11 is 0. The molecule has 2 fully saturated rings. The molecule has 5 nitrogen and oxygen atoms in total. The van der Waals surface area contributed by atoms with E-state index in [1.54, 1.807) is 0 Å². The monoisotopic (exact) mass is 310 g/mol. The molecule has 0 aromatic heterocycles. The van der Waals surface area contributed by atoms with E-state index >= 15 is 0 Å². The van der Waals surface area contributed by atoms with Crippen molar-refractivity contribution in [3.63, 3.8) is 0 Å². The fourth-order valence-electron chi connectivity index (χ4n) is 3.65. The van der Waals surface area contributed by atoms with Gasteiger partial charge in [0.15, 0.2) is 5.96 Å². The van der Waals surface area contributed by atoms with E-state index in [1.165, 1.54) is 44.9 Å². The van der Waals surface area contributed by atoms with Crippen LogP contribution >= 0.6 is 0 Å². The molecule has 0 aromatic rings. The molecule has 0 amide bonds. The zero-order valence-corrected chi connectivity index (χ0v) is 14.7. The number of hydrogen-bond acceptors (Lipinski definition) is 3. The largest absolute Gasteiger partial charge is 0.376 e. The van der Waals surface area contributed by atoms with Crippen LogP contribution < -0.4 is 10.6 Å². The molecular formula is C17H34N4O. The second kappa shape index (κ2) is 8.73. The molecule has 1 saturated heterocycles. The van der Waals surface area contributed by atoms with Crippen molar-refractivity contribution in [2.45, 2.75) is 63.0 Å². The van der Waals surface area contributed by atoms with Crippen LogP contribution in [-0.2, 0) is 4.74 Å². The normalized spacial score (nSPS) is 26.0. The van der Waals surface area contributed by atoms with E-state index in [0.717, 1.165) is 32.1 Å². The Labute approximate surface area is 135 Å².